The Bertz CT molecular complexity index is 647. The Morgan fingerprint density at radius 1 is 1.19 bits per heavy atom. The number of hydrogen-bond donors (Lipinski definition) is 1. The van der Waals surface area contributed by atoms with E-state index in [1.807, 2.05) is 30.3 Å². The van der Waals surface area contributed by atoms with Crippen LogP contribution in [0.5, 0.6) is 0 Å². The van der Waals surface area contributed by atoms with E-state index in [0.717, 1.165) is 16.5 Å². The van der Waals surface area contributed by atoms with Gasteiger partial charge in [-0.05, 0) is 35.9 Å². The maximum Gasteiger partial charge on any atom is 0.218 e. The number of benzene rings is 1. The molecule has 5 heteroatoms. The van der Waals surface area contributed by atoms with Gasteiger partial charge < -0.3 is 0 Å². The molecule has 0 saturated carbocycles. The van der Waals surface area contributed by atoms with Gasteiger partial charge in [0.2, 0.25) is 5.28 Å². The molecule has 2 heterocycles. The first-order valence-corrected chi connectivity index (χ1v) is 5.14. The fourth-order valence-corrected chi connectivity index (χ4v) is 1.71. The van der Waals surface area contributed by atoms with Crippen LogP contribution in [0.15, 0.2) is 36.5 Å². The average molecular weight is 231 g/mol. The summed E-state index contributed by atoms with van der Waals surface area (Å²) in [5.41, 5.74) is 1.87. The Balaban J connectivity index is 2.18. The minimum Gasteiger partial charge on any atom is -0.256 e. The maximum absolute atomic E-state index is 5.69. The van der Waals surface area contributed by atoms with Crippen LogP contribution >= 0.6 is 11.6 Å². The molecule has 78 valence electrons. The zero-order chi connectivity index (χ0) is 11.0. The lowest BCUT2D eigenvalue weighted by molar-refractivity contribution is 1.10. The minimum atomic E-state index is 0.293. The van der Waals surface area contributed by atoms with Crippen LogP contribution in [-0.4, -0.2) is 20.2 Å². The summed E-state index contributed by atoms with van der Waals surface area (Å²) in [6, 6.07) is 9.75. The lowest BCUT2D eigenvalue weighted by atomic mass is 10.1. The Labute approximate surface area is 96.3 Å². The van der Waals surface area contributed by atoms with Crippen molar-refractivity contribution in [3.05, 3.63) is 41.8 Å². The van der Waals surface area contributed by atoms with Crippen LogP contribution in [0.1, 0.15) is 0 Å². The number of nitrogens with zero attached hydrogens (tertiary/aromatic N) is 3. The molecule has 1 aromatic carbocycles. The van der Waals surface area contributed by atoms with Gasteiger partial charge in [-0.1, -0.05) is 6.07 Å². The van der Waals surface area contributed by atoms with E-state index < -0.39 is 0 Å². The smallest absolute Gasteiger partial charge is 0.218 e. The van der Waals surface area contributed by atoms with Gasteiger partial charge in [0.05, 0.1) is 5.52 Å². The van der Waals surface area contributed by atoms with Gasteiger partial charge in [-0.3, -0.25) is 4.98 Å². The number of halogens is 1. The third kappa shape index (κ3) is 1.53. The van der Waals surface area contributed by atoms with Gasteiger partial charge in [0.1, 0.15) is 0 Å². The van der Waals surface area contributed by atoms with Crippen molar-refractivity contribution in [2.24, 2.45) is 0 Å². The molecule has 0 fully saturated rings. The number of H-pyrrole nitrogens is 1. The van der Waals surface area contributed by atoms with Crippen LogP contribution < -0.4 is 0 Å². The summed E-state index contributed by atoms with van der Waals surface area (Å²) < 4.78 is 0. The molecule has 0 aliphatic heterocycles. The average Bonchev–Trinajstić information content (AvgIpc) is 2.75. The SMILES string of the molecule is Clc1nc(-c2ccc3ncccc3c2)n[nH]1. The molecule has 0 radical (unpaired) electrons. The zero-order valence-electron chi connectivity index (χ0n) is 8.18. The summed E-state index contributed by atoms with van der Waals surface area (Å²) in [7, 11) is 0. The topological polar surface area (TPSA) is 54.5 Å². The standard InChI is InChI=1S/C11H7ClN4/c12-11-14-10(15-16-11)8-3-4-9-7(6-8)2-1-5-13-9/h1-6H,(H,14,15,16). The second-order valence-electron chi connectivity index (χ2n) is 3.36. The molecule has 0 spiro atoms. The van der Waals surface area contributed by atoms with Gasteiger partial charge in [-0.25, -0.2) is 5.10 Å². The molecule has 0 unspecified atom stereocenters. The molecular weight excluding hydrogens is 224 g/mol. The van der Waals surface area contributed by atoms with Crippen molar-refractivity contribution >= 4 is 22.5 Å². The van der Waals surface area contributed by atoms with E-state index >= 15 is 0 Å². The van der Waals surface area contributed by atoms with Crippen LogP contribution in [0, 0.1) is 0 Å². The number of aromatic nitrogens is 4. The number of hydrogen-bond acceptors (Lipinski definition) is 3. The van der Waals surface area contributed by atoms with Crippen molar-refractivity contribution in [3.63, 3.8) is 0 Å². The van der Waals surface area contributed by atoms with E-state index in [0.29, 0.717) is 11.1 Å². The lowest BCUT2D eigenvalue weighted by Gasteiger charge is -1.98. The fourth-order valence-electron chi connectivity index (χ4n) is 1.59. The summed E-state index contributed by atoms with van der Waals surface area (Å²) in [6.45, 7) is 0. The molecule has 0 aliphatic carbocycles. The van der Waals surface area contributed by atoms with Crippen molar-refractivity contribution in [2.75, 3.05) is 0 Å². The van der Waals surface area contributed by atoms with E-state index in [1.165, 1.54) is 0 Å². The summed E-state index contributed by atoms with van der Waals surface area (Å²) in [5, 5.41) is 7.96. The molecule has 0 amide bonds. The molecule has 0 atom stereocenters. The van der Waals surface area contributed by atoms with Crippen molar-refractivity contribution < 1.29 is 0 Å². The second-order valence-corrected chi connectivity index (χ2v) is 3.72. The van der Waals surface area contributed by atoms with E-state index in [2.05, 4.69) is 20.2 Å². The zero-order valence-corrected chi connectivity index (χ0v) is 8.94. The maximum atomic E-state index is 5.69. The quantitative estimate of drug-likeness (QED) is 0.699. The number of rotatable bonds is 1. The Morgan fingerprint density at radius 2 is 2.12 bits per heavy atom. The first-order chi connectivity index (χ1) is 7.83. The highest BCUT2D eigenvalue weighted by Crippen LogP contribution is 2.20. The van der Waals surface area contributed by atoms with Gasteiger partial charge in [0, 0.05) is 17.1 Å². The highest BCUT2D eigenvalue weighted by molar-refractivity contribution is 6.28. The molecule has 0 bridgehead atoms. The molecular formula is C11H7ClN4. The van der Waals surface area contributed by atoms with E-state index in [-0.39, 0.29) is 0 Å². The third-order valence-electron chi connectivity index (χ3n) is 2.32. The molecule has 2 aromatic heterocycles. The summed E-state index contributed by atoms with van der Waals surface area (Å²) in [5.74, 6) is 0.593. The van der Waals surface area contributed by atoms with Crippen LogP contribution in [-0.2, 0) is 0 Å². The van der Waals surface area contributed by atoms with Gasteiger partial charge in [0.25, 0.3) is 0 Å². The largest absolute Gasteiger partial charge is 0.256 e. The minimum absolute atomic E-state index is 0.293. The molecule has 0 saturated heterocycles. The molecule has 0 aliphatic rings. The van der Waals surface area contributed by atoms with Crippen molar-refractivity contribution in [3.8, 4) is 11.4 Å². The van der Waals surface area contributed by atoms with Crippen LogP contribution in [0.4, 0.5) is 0 Å². The first kappa shape index (κ1) is 9.30. The monoisotopic (exact) mass is 230 g/mol. The lowest BCUT2D eigenvalue weighted by Crippen LogP contribution is -1.82. The molecule has 16 heavy (non-hydrogen) atoms. The Kier molecular flexibility index (Phi) is 2.08. The van der Waals surface area contributed by atoms with Crippen molar-refractivity contribution in [2.45, 2.75) is 0 Å². The Hall–Kier alpha value is -1.94. The third-order valence-corrected chi connectivity index (χ3v) is 2.49. The van der Waals surface area contributed by atoms with E-state index in [1.54, 1.807) is 6.20 Å². The van der Waals surface area contributed by atoms with Gasteiger partial charge in [0.15, 0.2) is 5.82 Å². The van der Waals surface area contributed by atoms with E-state index in [9.17, 15) is 0 Å². The van der Waals surface area contributed by atoms with Crippen molar-refractivity contribution in [1.82, 2.24) is 20.2 Å². The van der Waals surface area contributed by atoms with Crippen LogP contribution in [0.25, 0.3) is 22.3 Å². The molecule has 4 nitrogen and oxygen atoms in total. The number of pyridine rings is 1. The first-order valence-electron chi connectivity index (χ1n) is 4.76. The second kappa shape index (κ2) is 3.57. The Morgan fingerprint density at radius 3 is 2.94 bits per heavy atom. The van der Waals surface area contributed by atoms with Gasteiger partial charge >= 0.3 is 0 Å². The highest BCUT2D eigenvalue weighted by Gasteiger charge is 2.05. The number of nitrogens with one attached hydrogen (secondary N) is 1. The van der Waals surface area contributed by atoms with Gasteiger partial charge in [-0.2, -0.15) is 10.1 Å². The number of aromatic amines is 1. The summed E-state index contributed by atoms with van der Waals surface area (Å²) >= 11 is 5.69. The molecule has 3 aromatic rings. The molecule has 3 rings (SSSR count). The van der Waals surface area contributed by atoms with Crippen molar-refractivity contribution in [1.29, 1.82) is 0 Å². The van der Waals surface area contributed by atoms with Gasteiger partial charge in [-0.15, -0.1) is 0 Å². The number of fused-ring (bicyclic) bond motifs is 1. The predicted molar refractivity (Wildman–Crippen MR) is 62.1 cm³/mol. The molecule has 1 N–H and O–H groups in total. The summed E-state index contributed by atoms with van der Waals surface area (Å²) in [6.07, 6.45) is 1.77. The van der Waals surface area contributed by atoms with Crippen LogP contribution in [0.2, 0.25) is 5.28 Å². The normalized spacial score (nSPS) is 10.8. The summed E-state index contributed by atoms with van der Waals surface area (Å²) in [4.78, 5) is 8.31. The highest BCUT2D eigenvalue weighted by atomic mass is 35.5. The van der Waals surface area contributed by atoms with Crippen LogP contribution in [0.3, 0.4) is 0 Å². The van der Waals surface area contributed by atoms with E-state index in [4.69, 9.17) is 11.6 Å². The fraction of sp³-hybridized carbons (Fsp3) is 0. The predicted octanol–water partition coefficient (Wildman–Crippen LogP) is 2.67.